The molecule has 0 saturated carbocycles. The minimum absolute atomic E-state index is 0.505. The first kappa shape index (κ1) is 13.5. The van der Waals surface area contributed by atoms with Gasteiger partial charge in [-0.1, -0.05) is 35.0 Å². The lowest BCUT2D eigenvalue weighted by Gasteiger charge is -2.08. The first-order valence-electron chi connectivity index (χ1n) is 5.21. The predicted molar refractivity (Wildman–Crippen MR) is 76.5 cm³/mol. The van der Waals surface area contributed by atoms with E-state index in [1.54, 1.807) is 6.07 Å². The highest BCUT2D eigenvalue weighted by atomic mass is 35.5. The molecule has 94 valence electrons. The summed E-state index contributed by atoms with van der Waals surface area (Å²) in [5.41, 5.74) is 6.69. The highest BCUT2D eigenvalue weighted by Gasteiger charge is 2.09. The van der Waals surface area contributed by atoms with E-state index in [0.717, 1.165) is 15.5 Å². The zero-order valence-corrected chi connectivity index (χ0v) is 12.2. The maximum Gasteiger partial charge on any atom is 0.131 e. The Labute approximate surface area is 120 Å². The maximum absolute atomic E-state index is 5.98. The number of aryl methyl sites for hydroxylation is 1. The molecule has 0 fully saturated rings. The van der Waals surface area contributed by atoms with Crippen molar-refractivity contribution < 1.29 is 0 Å². The number of anilines is 1. The first-order chi connectivity index (χ1) is 8.47. The molecule has 2 rings (SSSR count). The molecule has 0 radical (unpaired) electrons. The van der Waals surface area contributed by atoms with Crippen molar-refractivity contribution in [3.05, 3.63) is 39.6 Å². The Hall–Kier alpha value is -0.970. The van der Waals surface area contributed by atoms with Gasteiger partial charge in [0.1, 0.15) is 16.7 Å². The number of hydrogen-bond acceptors (Lipinski definition) is 4. The van der Waals surface area contributed by atoms with Crippen LogP contribution < -0.4 is 5.73 Å². The molecule has 0 spiro atoms. The number of hydrogen-bond donors (Lipinski definition) is 1. The minimum atomic E-state index is 0.505. The van der Waals surface area contributed by atoms with Crippen LogP contribution in [0.15, 0.2) is 28.1 Å². The lowest BCUT2D eigenvalue weighted by Crippen LogP contribution is -2.01. The third kappa shape index (κ3) is 2.88. The molecule has 2 N–H and O–H groups in total. The fraction of sp³-hybridized carbons (Fsp3) is 0.167. The molecule has 0 saturated heterocycles. The summed E-state index contributed by atoms with van der Waals surface area (Å²) < 4.78 is 0. The van der Waals surface area contributed by atoms with Crippen LogP contribution in [0.4, 0.5) is 5.82 Å². The van der Waals surface area contributed by atoms with Gasteiger partial charge in [0.15, 0.2) is 0 Å². The number of nitrogens with two attached hydrogens (primary N) is 1. The smallest absolute Gasteiger partial charge is 0.131 e. The summed E-state index contributed by atoms with van der Waals surface area (Å²) >= 11 is 13.3. The summed E-state index contributed by atoms with van der Waals surface area (Å²) in [6, 6.07) is 5.46. The van der Waals surface area contributed by atoms with Crippen LogP contribution in [0.5, 0.6) is 0 Å². The SMILES string of the molecule is Cc1nc(N)c(C)c(Sc2ccc(Cl)c(Cl)c2)n1. The van der Waals surface area contributed by atoms with E-state index in [0.29, 0.717) is 21.7 Å². The van der Waals surface area contributed by atoms with Crippen LogP contribution in [0.2, 0.25) is 10.0 Å². The normalized spacial score (nSPS) is 10.7. The molecule has 0 atom stereocenters. The van der Waals surface area contributed by atoms with E-state index in [1.165, 1.54) is 11.8 Å². The maximum atomic E-state index is 5.98. The van der Waals surface area contributed by atoms with Crippen LogP contribution in [-0.4, -0.2) is 9.97 Å². The molecule has 2 aromatic rings. The van der Waals surface area contributed by atoms with Crippen LogP contribution in [0.25, 0.3) is 0 Å². The number of halogens is 2. The van der Waals surface area contributed by atoms with Gasteiger partial charge in [0, 0.05) is 10.5 Å². The summed E-state index contributed by atoms with van der Waals surface area (Å²) in [6.45, 7) is 3.71. The largest absolute Gasteiger partial charge is 0.383 e. The van der Waals surface area contributed by atoms with Crippen molar-refractivity contribution in [2.75, 3.05) is 5.73 Å². The molecule has 1 heterocycles. The van der Waals surface area contributed by atoms with E-state index in [4.69, 9.17) is 28.9 Å². The Morgan fingerprint density at radius 1 is 1.11 bits per heavy atom. The number of aromatic nitrogens is 2. The van der Waals surface area contributed by atoms with Gasteiger partial charge in [-0.25, -0.2) is 9.97 Å². The Kier molecular flexibility index (Phi) is 4.00. The van der Waals surface area contributed by atoms with E-state index in [2.05, 4.69) is 9.97 Å². The number of benzene rings is 1. The van der Waals surface area contributed by atoms with Gasteiger partial charge in [-0.15, -0.1) is 0 Å². The van der Waals surface area contributed by atoms with Gasteiger partial charge in [0.2, 0.25) is 0 Å². The highest BCUT2D eigenvalue weighted by Crippen LogP contribution is 2.33. The van der Waals surface area contributed by atoms with Gasteiger partial charge in [0.05, 0.1) is 10.0 Å². The zero-order valence-electron chi connectivity index (χ0n) is 9.87. The van der Waals surface area contributed by atoms with E-state index >= 15 is 0 Å². The Bertz CT molecular complexity index is 602. The lowest BCUT2D eigenvalue weighted by atomic mass is 10.3. The van der Waals surface area contributed by atoms with Crippen molar-refractivity contribution in [3.8, 4) is 0 Å². The topological polar surface area (TPSA) is 51.8 Å². The van der Waals surface area contributed by atoms with Crippen LogP contribution in [-0.2, 0) is 0 Å². The fourth-order valence-corrected chi connectivity index (χ4v) is 2.71. The van der Waals surface area contributed by atoms with Gasteiger partial charge >= 0.3 is 0 Å². The molecule has 0 aliphatic rings. The molecule has 0 aliphatic carbocycles. The number of rotatable bonds is 2. The molecule has 18 heavy (non-hydrogen) atoms. The van der Waals surface area contributed by atoms with Gasteiger partial charge in [-0.05, 0) is 32.0 Å². The molecule has 1 aromatic carbocycles. The average Bonchev–Trinajstić information content (AvgIpc) is 2.30. The van der Waals surface area contributed by atoms with Crippen LogP contribution in [0, 0.1) is 13.8 Å². The van der Waals surface area contributed by atoms with Gasteiger partial charge in [-0.2, -0.15) is 0 Å². The summed E-state index contributed by atoms with van der Waals surface area (Å²) in [6.07, 6.45) is 0. The van der Waals surface area contributed by atoms with Gasteiger partial charge in [0.25, 0.3) is 0 Å². The monoisotopic (exact) mass is 299 g/mol. The summed E-state index contributed by atoms with van der Waals surface area (Å²) in [5.74, 6) is 1.16. The first-order valence-corrected chi connectivity index (χ1v) is 6.78. The van der Waals surface area contributed by atoms with Gasteiger partial charge in [-0.3, -0.25) is 0 Å². The van der Waals surface area contributed by atoms with Crippen molar-refractivity contribution in [1.82, 2.24) is 9.97 Å². The Morgan fingerprint density at radius 2 is 1.83 bits per heavy atom. The molecule has 0 bridgehead atoms. The third-order valence-electron chi connectivity index (χ3n) is 2.36. The van der Waals surface area contributed by atoms with E-state index in [9.17, 15) is 0 Å². The number of nitrogen functional groups attached to an aromatic ring is 1. The van der Waals surface area contributed by atoms with Crippen LogP contribution in [0.1, 0.15) is 11.4 Å². The van der Waals surface area contributed by atoms with Crippen molar-refractivity contribution in [2.45, 2.75) is 23.8 Å². The van der Waals surface area contributed by atoms with Crippen molar-refractivity contribution in [3.63, 3.8) is 0 Å². The van der Waals surface area contributed by atoms with Gasteiger partial charge < -0.3 is 5.73 Å². The van der Waals surface area contributed by atoms with Crippen molar-refractivity contribution >= 4 is 40.8 Å². The van der Waals surface area contributed by atoms with Crippen molar-refractivity contribution in [1.29, 1.82) is 0 Å². The quantitative estimate of drug-likeness (QED) is 0.847. The molecule has 0 unspecified atom stereocenters. The standard InChI is InChI=1S/C12H11Cl2N3S/c1-6-11(15)16-7(2)17-12(6)18-8-3-4-9(13)10(14)5-8/h3-5H,1-2H3,(H2,15,16,17). The molecular weight excluding hydrogens is 289 g/mol. The molecule has 0 aliphatic heterocycles. The molecule has 6 heteroatoms. The van der Waals surface area contributed by atoms with E-state index < -0.39 is 0 Å². The summed E-state index contributed by atoms with van der Waals surface area (Å²) in [4.78, 5) is 9.45. The minimum Gasteiger partial charge on any atom is -0.383 e. The second-order valence-corrected chi connectivity index (χ2v) is 5.64. The average molecular weight is 300 g/mol. The second-order valence-electron chi connectivity index (χ2n) is 3.76. The van der Waals surface area contributed by atoms with Crippen LogP contribution in [0.3, 0.4) is 0 Å². The van der Waals surface area contributed by atoms with Crippen molar-refractivity contribution in [2.24, 2.45) is 0 Å². The molecule has 0 amide bonds. The predicted octanol–water partition coefficient (Wildman–Crippen LogP) is 4.13. The van der Waals surface area contributed by atoms with E-state index in [1.807, 2.05) is 26.0 Å². The summed E-state index contributed by atoms with van der Waals surface area (Å²) in [5, 5.41) is 1.90. The third-order valence-corrected chi connectivity index (χ3v) is 4.18. The Balaban J connectivity index is 2.36. The lowest BCUT2D eigenvalue weighted by molar-refractivity contribution is 0.947. The Morgan fingerprint density at radius 3 is 2.50 bits per heavy atom. The number of nitrogens with zero attached hydrogens (tertiary/aromatic N) is 2. The van der Waals surface area contributed by atoms with E-state index in [-0.39, 0.29) is 0 Å². The van der Waals surface area contributed by atoms with Crippen LogP contribution >= 0.6 is 35.0 Å². The molecular formula is C12H11Cl2N3S. The highest BCUT2D eigenvalue weighted by molar-refractivity contribution is 7.99. The summed E-state index contributed by atoms with van der Waals surface area (Å²) in [7, 11) is 0. The zero-order chi connectivity index (χ0) is 13.3. The molecule has 3 nitrogen and oxygen atoms in total. The molecule has 1 aromatic heterocycles. The second kappa shape index (κ2) is 5.34. The fourth-order valence-electron chi connectivity index (χ4n) is 1.37.